The van der Waals surface area contributed by atoms with E-state index < -0.39 is 13.7 Å². The first-order valence-electron chi connectivity index (χ1n) is 18.2. The Labute approximate surface area is 300 Å². The number of furan rings is 1. The van der Waals surface area contributed by atoms with Crippen LogP contribution >= 0.6 is 0 Å². The molecule has 0 saturated carbocycles. The Morgan fingerprint density at radius 2 is 1.49 bits per heavy atom. The number of aromatic nitrogens is 3. The minimum atomic E-state index is -1.73. The maximum atomic E-state index is 6.97. The monoisotopic (exact) mass is 681 g/mol. The number of para-hydroxylation sites is 3. The summed E-state index contributed by atoms with van der Waals surface area (Å²) in [5, 5.41) is 3.77. The normalized spacial score (nSPS) is 16.3. The second-order valence-corrected chi connectivity index (χ2v) is 21.9. The molecule has 0 amide bonds. The highest BCUT2D eigenvalue weighted by Gasteiger charge is 2.67. The van der Waals surface area contributed by atoms with Gasteiger partial charge in [0.2, 0.25) is 5.69 Å². The van der Waals surface area contributed by atoms with E-state index in [-0.39, 0.29) is 5.41 Å². The van der Waals surface area contributed by atoms with Gasteiger partial charge >= 0.3 is 11.5 Å². The fraction of sp³-hybridized carbons (Fsp3) is 0.217. The zero-order chi connectivity index (χ0) is 35.2. The second-order valence-electron chi connectivity index (χ2n) is 16.8. The third-order valence-corrected chi connectivity index (χ3v) is 13.7. The fourth-order valence-corrected chi connectivity index (χ4v) is 11.0. The Balaban J connectivity index is 1.45. The number of fused-ring (bicyclic) bond motifs is 16. The highest BCUT2D eigenvalue weighted by atomic mass is 28.3. The van der Waals surface area contributed by atoms with Gasteiger partial charge in [-0.05, 0) is 85.0 Å². The van der Waals surface area contributed by atoms with Crippen molar-refractivity contribution < 1.29 is 13.6 Å². The Kier molecular flexibility index (Phi) is 5.96. The molecule has 1 atom stereocenters. The third-order valence-electron chi connectivity index (χ3n) is 11.5. The third kappa shape index (κ3) is 3.90. The molecule has 1 unspecified atom stereocenters. The topological polar surface area (TPSA) is 25.8 Å². The first-order chi connectivity index (χ1) is 24.4. The van der Waals surface area contributed by atoms with Crippen molar-refractivity contribution in [3.05, 3.63) is 143 Å². The standard InChI is InChI=1S/C46H43N3OSi/c1-28-17-22-34-36(25-28)46(47-27-41(51(6,7)8)29(2)26-39(34)47)35-24-23-33-32-13-9-12-16-40(32)50-43(33)42(35)44-48(37-14-10-11-15-38(37)49(44)46)31-20-18-30(19-21-31)45(3,4)5/h9-27H,1-8H3/q+2. The van der Waals surface area contributed by atoms with E-state index in [0.29, 0.717) is 0 Å². The van der Waals surface area contributed by atoms with Crippen LogP contribution in [0.1, 0.15) is 48.6 Å². The average molecular weight is 682 g/mol. The van der Waals surface area contributed by atoms with Crippen LogP contribution in [-0.4, -0.2) is 12.6 Å². The summed E-state index contributed by atoms with van der Waals surface area (Å²) >= 11 is 0. The first kappa shape index (κ1) is 30.6. The predicted octanol–water partition coefficient (Wildman–Crippen LogP) is 9.82. The maximum absolute atomic E-state index is 6.97. The van der Waals surface area contributed by atoms with Gasteiger partial charge < -0.3 is 4.42 Å². The molecular weight excluding hydrogens is 639 g/mol. The fourth-order valence-electron chi connectivity index (χ4n) is 9.23. The predicted molar refractivity (Wildman–Crippen MR) is 211 cm³/mol. The van der Waals surface area contributed by atoms with E-state index in [9.17, 15) is 0 Å². The molecule has 5 heterocycles. The summed E-state index contributed by atoms with van der Waals surface area (Å²) in [4.78, 5) is 0. The highest BCUT2D eigenvalue weighted by molar-refractivity contribution is 6.88. The summed E-state index contributed by atoms with van der Waals surface area (Å²) in [6.45, 7) is 18.8. The van der Waals surface area contributed by atoms with Crippen molar-refractivity contribution in [1.29, 1.82) is 0 Å². The van der Waals surface area contributed by atoms with Crippen LogP contribution in [0.5, 0.6) is 0 Å². The molecule has 2 aliphatic rings. The van der Waals surface area contributed by atoms with Gasteiger partial charge in [0.15, 0.2) is 22.8 Å². The van der Waals surface area contributed by atoms with E-state index in [1.807, 2.05) is 0 Å². The van der Waals surface area contributed by atoms with Gasteiger partial charge in [0, 0.05) is 22.0 Å². The van der Waals surface area contributed by atoms with Crippen molar-refractivity contribution in [3.63, 3.8) is 0 Å². The molecule has 5 heteroatoms. The molecule has 10 rings (SSSR count). The van der Waals surface area contributed by atoms with E-state index >= 15 is 0 Å². The Morgan fingerprint density at radius 3 is 2.25 bits per heavy atom. The van der Waals surface area contributed by atoms with E-state index in [2.05, 4.69) is 183 Å². The lowest BCUT2D eigenvalue weighted by Crippen LogP contribution is -2.72. The molecule has 0 fully saturated rings. The molecule has 0 saturated heterocycles. The lowest BCUT2D eigenvalue weighted by molar-refractivity contribution is -0.944. The molecule has 0 N–H and O–H groups in total. The molecule has 2 aliphatic heterocycles. The van der Waals surface area contributed by atoms with Crippen molar-refractivity contribution in [2.45, 2.75) is 65.3 Å². The lowest BCUT2D eigenvalue weighted by atomic mass is 9.87. The van der Waals surface area contributed by atoms with Crippen LogP contribution in [0, 0.1) is 13.8 Å². The van der Waals surface area contributed by atoms with Crippen LogP contribution in [0.4, 0.5) is 0 Å². The Morgan fingerprint density at radius 1 is 0.745 bits per heavy atom. The van der Waals surface area contributed by atoms with Crippen LogP contribution in [-0.2, 0) is 11.1 Å². The molecule has 1 spiro atoms. The smallest absolute Gasteiger partial charge is 0.364 e. The second kappa shape index (κ2) is 9.95. The summed E-state index contributed by atoms with van der Waals surface area (Å²) in [7, 11) is -1.73. The summed E-state index contributed by atoms with van der Waals surface area (Å²) in [5.74, 6) is 1.14. The maximum Gasteiger partial charge on any atom is 0.364 e. The number of imidazole rings is 1. The summed E-state index contributed by atoms with van der Waals surface area (Å²) in [6.07, 6.45) is 2.52. The van der Waals surface area contributed by atoms with Crippen LogP contribution in [0.2, 0.25) is 19.6 Å². The van der Waals surface area contributed by atoms with Gasteiger partial charge in [0.05, 0.1) is 24.8 Å². The Bertz CT molecular complexity index is 2790. The molecule has 8 aromatic rings. The van der Waals surface area contributed by atoms with Gasteiger partial charge in [-0.1, -0.05) is 94.5 Å². The number of pyridine rings is 1. The van der Waals surface area contributed by atoms with Gasteiger partial charge in [-0.25, -0.2) is 0 Å². The SMILES string of the molecule is Cc1ccc2c(c1)C1(c3ccc4c(oc5ccccc54)c3-c3n(-c4ccc(C(C)(C)C)cc4)c4ccccc4[n+]31)[n+]1cc([Si](C)(C)C)c(C)cc1-2. The van der Waals surface area contributed by atoms with Crippen molar-refractivity contribution in [1.82, 2.24) is 4.57 Å². The van der Waals surface area contributed by atoms with Gasteiger partial charge in [0.1, 0.15) is 16.8 Å². The Hall–Kier alpha value is -5.26. The quantitative estimate of drug-likeness (QED) is 0.132. The zero-order valence-electron chi connectivity index (χ0n) is 30.7. The summed E-state index contributed by atoms with van der Waals surface area (Å²) in [5.41, 5.74) is 15.0. The van der Waals surface area contributed by atoms with Crippen LogP contribution in [0.3, 0.4) is 0 Å². The van der Waals surface area contributed by atoms with E-state index in [1.165, 1.54) is 55.3 Å². The highest BCUT2D eigenvalue weighted by Crippen LogP contribution is 2.52. The minimum Gasteiger partial charge on any atom is -0.455 e. The van der Waals surface area contributed by atoms with E-state index in [4.69, 9.17) is 4.42 Å². The molecule has 3 aromatic heterocycles. The molecular formula is C46H43N3OSi+2. The van der Waals surface area contributed by atoms with Gasteiger partial charge in [-0.3, -0.25) is 0 Å². The zero-order valence-corrected chi connectivity index (χ0v) is 31.7. The van der Waals surface area contributed by atoms with Crippen LogP contribution < -0.4 is 14.3 Å². The number of aryl methyl sites for hydroxylation is 2. The molecule has 5 aromatic carbocycles. The molecule has 51 heavy (non-hydrogen) atoms. The number of benzene rings is 5. The molecule has 0 radical (unpaired) electrons. The first-order valence-corrected chi connectivity index (χ1v) is 21.7. The number of hydrogen-bond donors (Lipinski definition) is 0. The minimum absolute atomic E-state index is 0.0586. The molecule has 0 aliphatic carbocycles. The number of nitrogens with zero attached hydrogens (tertiary/aromatic N) is 3. The van der Waals surface area contributed by atoms with Crippen LogP contribution in [0.25, 0.3) is 61.3 Å². The van der Waals surface area contributed by atoms with Crippen molar-refractivity contribution in [3.8, 4) is 28.3 Å². The molecule has 0 bridgehead atoms. The number of hydrogen-bond acceptors (Lipinski definition) is 1. The molecule has 250 valence electrons. The summed E-state index contributed by atoms with van der Waals surface area (Å²) < 4.78 is 14.7. The largest absolute Gasteiger partial charge is 0.455 e. The van der Waals surface area contributed by atoms with E-state index in [0.717, 1.165) is 39.0 Å². The van der Waals surface area contributed by atoms with Crippen molar-refractivity contribution in [2.24, 2.45) is 0 Å². The molecule has 4 nitrogen and oxygen atoms in total. The summed E-state index contributed by atoms with van der Waals surface area (Å²) in [6, 6.07) is 40.9. The van der Waals surface area contributed by atoms with Gasteiger partial charge in [-0.15, -0.1) is 9.13 Å². The van der Waals surface area contributed by atoms with Gasteiger partial charge in [-0.2, -0.15) is 4.57 Å². The van der Waals surface area contributed by atoms with Crippen molar-refractivity contribution >= 4 is 46.2 Å². The average Bonchev–Trinajstić information content (AvgIpc) is 3.80. The number of rotatable bonds is 2. The lowest BCUT2D eigenvalue weighted by Gasteiger charge is -2.23. The van der Waals surface area contributed by atoms with Crippen LogP contribution in [0.15, 0.2) is 120 Å². The van der Waals surface area contributed by atoms with Gasteiger partial charge in [0.25, 0.3) is 0 Å². The van der Waals surface area contributed by atoms with E-state index in [1.54, 1.807) is 0 Å². The van der Waals surface area contributed by atoms with Crippen molar-refractivity contribution in [2.75, 3.05) is 0 Å².